The van der Waals surface area contributed by atoms with Gasteiger partial charge in [0.25, 0.3) is 0 Å². The molecule has 2 fully saturated rings. The maximum absolute atomic E-state index is 14.0. The smallest absolute Gasteiger partial charge is 0.130 e. The molecule has 4 rings (SSSR count). The highest BCUT2D eigenvalue weighted by Crippen LogP contribution is 2.32. The Morgan fingerprint density at radius 2 is 1.89 bits per heavy atom. The predicted molar refractivity (Wildman–Crippen MR) is 98.4 cm³/mol. The first-order valence-electron chi connectivity index (χ1n) is 9.50. The van der Waals surface area contributed by atoms with E-state index in [9.17, 15) is 13.2 Å². The number of piperidine rings is 1. The van der Waals surface area contributed by atoms with Gasteiger partial charge in [-0.2, -0.15) is 0 Å². The third-order valence-corrected chi connectivity index (χ3v) is 5.76. The predicted octanol–water partition coefficient (Wildman–Crippen LogP) is 3.58. The average molecular weight is 375 g/mol. The maximum atomic E-state index is 14.0. The molecule has 2 heterocycles. The largest absolute Gasteiger partial charge is 0.299 e. The molecule has 6 heteroatoms. The Labute approximate surface area is 157 Å². The van der Waals surface area contributed by atoms with Crippen LogP contribution in [-0.4, -0.2) is 30.6 Å². The number of hydrogen-bond donors (Lipinski definition) is 2. The molecule has 3 nitrogen and oxygen atoms in total. The Morgan fingerprint density at radius 1 is 1.04 bits per heavy atom. The highest BCUT2D eigenvalue weighted by molar-refractivity contribution is 5.24. The molecule has 2 N–H and O–H groups in total. The van der Waals surface area contributed by atoms with Crippen LogP contribution in [0.4, 0.5) is 13.2 Å². The molecule has 0 amide bonds. The van der Waals surface area contributed by atoms with Crippen LogP contribution >= 0.6 is 0 Å². The van der Waals surface area contributed by atoms with E-state index in [0.29, 0.717) is 18.0 Å². The minimum absolute atomic E-state index is 0.202. The molecule has 3 atom stereocenters. The van der Waals surface area contributed by atoms with Gasteiger partial charge in [-0.15, -0.1) is 0 Å². The lowest BCUT2D eigenvalue weighted by Gasteiger charge is -2.37. The van der Waals surface area contributed by atoms with Crippen molar-refractivity contribution in [1.29, 1.82) is 0 Å². The lowest BCUT2D eigenvalue weighted by molar-refractivity contribution is 0.138. The maximum Gasteiger partial charge on any atom is 0.130 e. The molecule has 2 saturated heterocycles. The zero-order valence-electron chi connectivity index (χ0n) is 15.1. The summed E-state index contributed by atoms with van der Waals surface area (Å²) in [6.45, 7) is 2.98. The minimum Gasteiger partial charge on any atom is -0.299 e. The summed E-state index contributed by atoms with van der Waals surface area (Å²) in [6.07, 6.45) is 2.11. The fraction of sp³-hybridized carbons (Fsp3) is 0.429. The molecule has 144 valence electrons. The van der Waals surface area contributed by atoms with Gasteiger partial charge in [0.15, 0.2) is 0 Å². The Morgan fingerprint density at radius 3 is 2.70 bits per heavy atom. The van der Waals surface area contributed by atoms with Gasteiger partial charge in [0, 0.05) is 43.2 Å². The number of nitrogens with zero attached hydrogens (tertiary/aromatic N) is 1. The Hall–Kier alpha value is -1.89. The zero-order chi connectivity index (χ0) is 18.8. The molecular weight excluding hydrogens is 351 g/mol. The van der Waals surface area contributed by atoms with Gasteiger partial charge in [-0.05, 0) is 49.1 Å². The van der Waals surface area contributed by atoms with Crippen LogP contribution in [0.5, 0.6) is 0 Å². The molecule has 2 aliphatic heterocycles. The van der Waals surface area contributed by atoms with Crippen molar-refractivity contribution >= 4 is 0 Å². The number of halogens is 3. The van der Waals surface area contributed by atoms with E-state index >= 15 is 0 Å². The minimum atomic E-state index is -0.549. The van der Waals surface area contributed by atoms with Gasteiger partial charge in [-0.1, -0.05) is 18.2 Å². The molecular formula is C21H24F3N3. The highest BCUT2D eigenvalue weighted by atomic mass is 19.1. The molecule has 2 aliphatic rings. The first kappa shape index (κ1) is 18.5. The van der Waals surface area contributed by atoms with E-state index in [0.717, 1.165) is 44.1 Å². The number of hydrogen-bond acceptors (Lipinski definition) is 3. The molecule has 0 radical (unpaired) electrons. The van der Waals surface area contributed by atoms with Crippen LogP contribution in [0.3, 0.4) is 0 Å². The highest BCUT2D eigenvalue weighted by Gasteiger charge is 2.36. The number of hydrazine groups is 1. The molecule has 0 aliphatic carbocycles. The van der Waals surface area contributed by atoms with Crippen LogP contribution in [0.1, 0.15) is 29.9 Å². The Kier molecular flexibility index (Phi) is 5.48. The van der Waals surface area contributed by atoms with E-state index in [2.05, 4.69) is 15.8 Å². The molecule has 0 saturated carbocycles. The molecule has 27 heavy (non-hydrogen) atoms. The van der Waals surface area contributed by atoms with E-state index in [1.165, 1.54) is 18.2 Å². The first-order chi connectivity index (χ1) is 13.1. The van der Waals surface area contributed by atoms with E-state index in [1.807, 2.05) is 6.07 Å². The summed E-state index contributed by atoms with van der Waals surface area (Å²) in [4.78, 5) is 2.23. The van der Waals surface area contributed by atoms with Gasteiger partial charge in [0.1, 0.15) is 17.5 Å². The van der Waals surface area contributed by atoms with E-state index in [4.69, 9.17) is 0 Å². The van der Waals surface area contributed by atoms with Crippen molar-refractivity contribution in [3.63, 3.8) is 0 Å². The Balaban J connectivity index is 1.45. The molecule has 0 bridgehead atoms. The van der Waals surface area contributed by atoms with Crippen LogP contribution < -0.4 is 10.9 Å². The molecule has 0 aromatic heterocycles. The van der Waals surface area contributed by atoms with Crippen molar-refractivity contribution in [2.45, 2.75) is 31.3 Å². The summed E-state index contributed by atoms with van der Waals surface area (Å²) < 4.78 is 40.8. The third-order valence-electron chi connectivity index (χ3n) is 5.76. The summed E-state index contributed by atoms with van der Waals surface area (Å²) in [7, 11) is 0. The van der Waals surface area contributed by atoms with Crippen LogP contribution in [-0.2, 0) is 6.54 Å². The van der Waals surface area contributed by atoms with Gasteiger partial charge < -0.3 is 0 Å². The summed E-state index contributed by atoms with van der Waals surface area (Å²) in [6, 6.07) is 10.8. The van der Waals surface area contributed by atoms with Crippen LogP contribution in [0.2, 0.25) is 0 Å². The zero-order valence-corrected chi connectivity index (χ0v) is 15.1. The fourth-order valence-corrected chi connectivity index (χ4v) is 4.44. The second-order valence-electron chi connectivity index (χ2n) is 7.59. The van der Waals surface area contributed by atoms with E-state index in [1.54, 1.807) is 12.1 Å². The van der Waals surface area contributed by atoms with Gasteiger partial charge in [-0.3, -0.25) is 15.8 Å². The average Bonchev–Trinajstić information content (AvgIpc) is 3.14. The first-order valence-corrected chi connectivity index (χ1v) is 9.50. The van der Waals surface area contributed by atoms with Crippen molar-refractivity contribution in [2.24, 2.45) is 5.92 Å². The lowest BCUT2D eigenvalue weighted by Crippen LogP contribution is -2.46. The van der Waals surface area contributed by atoms with Crippen molar-refractivity contribution in [2.75, 3.05) is 19.6 Å². The molecule has 3 unspecified atom stereocenters. The third kappa shape index (κ3) is 4.18. The summed E-state index contributed by atoms with van der Waals surface area (Å²) in [5.74, 6) is -0.670. The normalized spacial score (nSPS) is 26.4. The standard InChI is InChI=1S/C21H24F3N3/c22-17-5-1-3-14(9-17)19-11-25-26-21(19)16-4-2-8-27(13-16)12-15-6-7-18(23)10-20(15)24/h1,3,5-7,9-10,16,19,21,25-26H,2,4,8,11-13H2. The monoisotopic (exact) mass is 375 g/mol. The SMILES string of the molecule is Fc1cccc(C2CNNC2C2CCCN(Cc3ccc(F)cc3F)C2)c1. The van der Waals surface area contributed by atoms with Gasteiger partial charge in [0.2, 0.25) is 0 Å². The quantitative estimate of drug-likeness (QED) is 0.856. The fourth-order valence-electron chi connectivity index (χ4n) is 4.44. The van der Waals surface area contributed by atoms with Crippen molar-refractivity contribution < 1.29 is 13.2 Å². The van der Waals surface area contributed by atoms with Gasteiger partial charge in [-0.25, -0.2) is 13.2 Å². The topological polar surface area (TPSA) is 27.3 Å². The van der Waals surface area contributed by atoms with Crippen molar-refractivity contribution in [3.8, 4) is 0 Å². The molecule has 2 aromatic carbocycles. The number of nitrogens with one attached hydrogen (secondary N) is 2. The van der Waals surface area contributed by atoms with E-state index in [-0.39, 0.29) is 17.8 Å². The summed E-state index contributed by atoms with van der Waals surface area (Å²) in [5, 5.41) is 0. The second-order valence-corrected chi connectivity index (χ2v) is 7.59. The molecule has 2 aromatic rings. The second kappa shape index (κ2) is 8.00. The summed E-state index contributed by atoms with van der Waals surface area (Å²) >= 11 is 0. The lowest BCUT2D eigenvalue weighted by atomic mass is 9.81. The number of likely N-dealkylation sites (tertiary alicyclic amines) is 1. The van der Waals surface area contributed by atoms with Gasteiger partial charge in [0.05, 0.1) is 0 Å². The van der Waals surface area contributed by atoms with Crippen LogP contribution in [0.15, 0.2) is 42.5 Å². The number of rotatable bonds is 4. The Bertz CT molecular complexity index is 798. The number of benzene rings is 2. The van der Waals surface area contributed by atoms with Crippen molar-refractivity contribution in [3.05, 3.63) is 71.0 Å². The van der Waals surface area contributed by atoms with Crippen molar-refractivity contribution in [1.82, 2.24) is 15.8 Å². The van der Waals surface area contributed by atoms with E-state index < -0.39 is 11.6 Å². The summed E-state index contributed by atoms with van der Waals surface area (Å²) in [5.41, 5.74) is 8.12. The van der Waals surface area contributed by atoms with Crippen LogP contribution in [0, 0.1) is 23.4 Å². The molecule has 0 spiro atoms. The van der Waals surface area contributed by atoms with Crippen LogP contribution in [0.25, 0.3) is 0 Å². The van der Waals surface area contributed by atoms with Gasteiger partial charge >= 0.3 is 0 Å².